The molecule has 0 aliphatic heterocycles. The van der Waals surface area contributed by atoms with Crippen molar-refractivity contribution in [3.05, 3.63) is 48.0 Å². The van der Waals surface area contributed by atoms with E-state index in [1.807, 2.05) is 18.2 Å². The number of thioether (sulfide) groups is 1. The van der Waals surface area contributed by atoms with Gasteiger partial charge < -0.3 is 20.1 Å². The number of hydrogen-bond acceptors (Lipinski definition) is 5. The average molecular weight is 357 g/mol. The molecular formula is C17H15N3O4S. The van der Waals surface area contributed by atoms with Crippen LogP contribution in [0.3, 0.4) is 0 Å². The summed E-state index contributed by atoms with van der Waals surface area (Å²) in [5.74, 6) is -0.411. The van der Waals surface area contributed by atoms with Gasteiger partial charge in [-0.2, -0.15) is 0 Å². The van der Waals surface area contributed by atoms with Crippen LogP contribution in [0, 0.1) is 0 Å². The summed E-state index contributed by atoms with van der Waals surface area (Å²) in [6, 6.07) is 11.6. The van der Waals surface area contributed by atoms with Crippen molar-refractivity contribution in [3.63, 3.8) is 0 Å². The molecule has 0 aliphatic carbocycles. The number of anilines is 1. The highest BCUT2D eigenvalue weighted by Crippen LogP contribution is 2.23. The Balaban J connectivity index is 1.62. The number of carboxylic acids is 1. The largest absolute Gasteiger partial charge is 0.497 e. The van der Waals surface area contributed by atoms with Crippen LogP contribution in [0.5, 0.6) is 5.75 Å². The molecule has 0 saturated carbocycles. The van der Waals surface area contributed by atoms with Crippen LogP contribution in [-0.4, -0.2) is 39.8 Å². The highest BCUT2D eigenvalue weighted by molar-refractivity contribution is 7.99. The second kappa shape index (κ2) is 7.27. The monoisotopic (exact) mass is 357 g/mol. The van der Waals surface area contributed by atoms with Gasteiger partial charge in [-0.25, -0.2) is 9.78 Å². The number of nitrogens with zero attached hydrogens (tertiary/aromatic N) is 1. The van der Waals surface area contributed by atoms with Crippen LogP contribution in [-0.2, 0) is 4.79 Å². The van der Waals surface area contributed by atoms with E-state index >= 15 is 0 Å². The lowest BCUT2D eigenvalue weighted by molar-refractivity contribution is -0.113. The number of carbonyl (C=O) groups is 2. The fraction of sp³-hybridized carbons (Fsp3) is 0.118. The van der Waals surface area contributed by atoms with Crippen molar-refractivity contribution >= 4 is 40.4 Å². The third-order valence-corrected chi connectivity index (χ3v) is 4.27. The second-order valence-electron chi connectivity index (χ2n) is 5.15. The summed E-state index contributed by atoms with van der Waals surface area (Å²) in [5.41, 5.74) is 2.19. The highest BCUT2D eigenvalue weighted by atomic mass is 32.2. The number of carbonyl (C=O) groups excluding carboxylic acids is 1. The van der Waals surface area contributed by atoms with E-state index in [1.165, 1.54) is 23.9 Å². The molecule has 0 atom stereocenters. The number of benzene rings is 2. The van der Waals surface area contributed by atoms with Crippen molar-refractivity contribution in [2.24, 2.45) is 0 Å². The molecule has 0 radical (unpaired) electrons. The van der Waals surface area contributed by atoms with Crippen LogP contribution >= 0.6 is 11.8 Å². The topological polar surface area (TPSA) is 104 Å². The zero-order valence-electron chi connectivity index (χ0n) is 13.3. The second-order valence-corrected chi connectivity index (χ2v) is 6.11. The average Bonchev–Trinajstić information content (AvgIpc) is 3.02. The van der Waals surface area contributed by atoms with E-state index in [0.717, 1.165) is 16.8 Å². The molecule has 0 aliphatic rings. The van der Waals surface area contributed by atoms with Gasteiger partial charge in [-0.3, -0.25) is 4.79 Å². The lowest BCUT2D eigenvalue weighted by atomic mass is 10.2. The Morgan fingerprint density at radius 1 is 1.28 bits per heavy atom. The van der Waals surface area contributed by atoms with Gasteiger partial charge in [0, 0.05) is 11.8 Å². The Bertz CT molecular complexity index is 939. The van der Waals surface area contributed by atoms with Gasteiger partial charge in [0.05, 0.1) is 29.5 Å². The first-order chi connectivity index (χ1) is 12.0. The van der Waals surface area contributed by atoms with E-state index in [9.17, 15) is 9.59 Å². The standard InChI is InChI=1S/C17H15N3O4S/c1-24-12-5-6-13-14(8-12)20-17(19-13)25-9-15(21)18-11-4-2-3-10(7-11)16(22)23/h2-8H,9H2,1H3,(H,18,21)(H,19,20)(H,22,23). The molecule has 25 heavy (non-hydrogen) atoms. The van der Waals surface area contributed by atoms with Gasteiger partial charge in [0.15, 0.2) is 5.16 Å². The van der Waals surface area contributed by atoms with Crippen molar-refractivity contribution in [1.82, 2.24) is 9.97 Å². The number of aromatic amines is 1. The zero-order chi connectivity index (χ0) is 17.8. The fourth-order valence-electron chi connectivity index (χ4n) is 2.22. The number of aromatic carboxylic acids is 1. The van der Waals surface area contributed by atoms with Crippen LogP contribution in [0.2, 0.25) is 0 Å². The van der Waals surface area contributed by atoms with E-state index in [4.69, 9.17) is 9.84 Å². The summed E-state index contributed by atoms with van der Waals surface area (Å²) < 4.78 is 5.16. The molecule has 128 valence electrons. The van der Waals surface area contributed by atoms with E-state index in [-0.39, 0.29) is 17.2 Å². The first-order valence-corrected chi connectivity index (χ1v) is 8.33. The van der Waals surface area contributed by atoms with Gasteiger partial charge in [-0.1, -0.05) is 17.8 Å². The summed E-state index contributed by atoms with van der Waals surface area (Å²) in [5, 5.41) is 12.3. The third-order valence-electron chi connectivity index (χ3n) is 3.40. The van der Waals surface area contributed by atoms with E-state index < -0.39 is 5.97 Å². The number of carboxylic acid groups (broad SMARTS) is 1. The number of hydrogen-bond donors (Lipinski definition) is 3. The quantitative estimate of drug-likeness (QED) is 0.586. The highest BCUT2D eigenvalue weighted by Gasteiger charge is 2.09. The Labute approximate surface area is 147 Å². The number of H-pyrrole nitrogens is 1. The van der Waals surface area contributed by atoms with Crippen LogP contribution in [0.15, 0.2) is 47.6 Å². The van der Waals surface area contributed by atoms with Gasteiger partial charge in [0.25, 0.3) is 0 Å². The van der Waals surface area contributed by atoms with Crippen LogP contribution < -0.4 is 10.1 Å². The van der Waals surface area contributed by atoms with Gasteiger partial charge in [0.2, 0.25) is 5.91 Å². The summed E-state index contributed by atoms with van der Waals surface area (Å²) in [6.07, 6.45) is 0. The van der Waals surface area contributed by atoms with Crippen molar-refractivity contribution in [1.29, 1.82) is 0 Å². The number of amides is 1. The molecule has 1 amide bonds. The Morgan fingerprint density at radius 2 is 2.12 bits per heavy atom. The molecule has 0 unspecified atom stereocenters. The fourth-order valence-corrected chi connectivity index (χ4v) is 2.91. The molecule has 7 nitrogen and oxygen atoms in total. The number of fused-ring (bicyclic) bond motifs is 1. The molecule has 0 saturated heterocycles. The molecule has 0 bridgehead atoms. The molecule has 3 aromatic rings. The van der Waals surface area contributed by atoms with Crippen molar-refractivity contribution in [2.45, 2.75) is 5.16 Å². The minimum Gasteiger partial charge on any atom is -0.497 e. The number of rotatable bonds is 6. The number of ether oxygens (including phenoxy) is 1. The number of aromatic nitrogens is 2. The van der Waals surface area contributed by atoms with Crippen molar-refractivity contribution in [3.8, 4) is 5.75 Å². The molecule has 1 heterocycles. The lowest BCUT2D eigenvalue weighted by Crippen LogP contribution is -2.14. The Morgan fingerprint density at radius 3 is 2.88 bits per heavy atom. The van der Waals surface area contributed by atoms with E-state index in [0.29, 0.717) is 10.8 Å². The van der Waals surface area contributed by atoms with Crippen molar-refractivity contribution < 1.29 is 19.4 Å². The molecule has 0 spiro atoms. The maximum atomic E-state index is 12.0. The Hall–Kier alpha value is -3.00. The smallest absolute Gasteiger partial charge is 0.335 e. The summed E-state index contributed by atoms with van der Waals surface area (Å²) >= 11 is 1.26. The number of imidazole rings is 1. The molecule has 0 fully saturated rings. The molecule has 8 heteroatoms. The van der Waals surface area contributed by atoms with Crippen LogP contribution in [0.1, 0.15) is 10.4 Å². The van der Waals surface area contributed by atoms with E-state index in [2.05, 4.69) is 15.3 Å². The maximum absolute atomic E-state index is 12.0. The first kappa shape index (κ1) is 16.8. The number of nitrogens with one attached hydrogen (secondary N) is 2. The molecule has 1 aromatic heterocycles. The predicted molar refractivity (Wildman–Crippen MR) is 95.4 cm³/mol. The third kappa shape index (κ3) is 4.10. The van der Waals surface area contributed by atoms with Crippen LogP contribution in [0.25, 0.3) is 11.0 Å². The zero-order valence-corrected chi connectivity index (χ0v) is 14.1. The van der Waals surface area contributed by atoms with Gasteiger partial charge >= 0.3 is 5.97 Å². The van der Waals surface area contributed by atoms with Crippen LogP contribution in [0.4, 0.5) is 5.69 Å². The summed E-state index contributed by atoms with van der Waals surface area (Å²) in [7, 11) is 1.59. The molecular weight excluding hydrogens is 342 g/mol. The first-order valence-electron chi connectivity index (χ1n) is 7.35. The summed E-state index contributed by atoms with van der Waals surface area (Å²) in [4.78, 5) is 30.5. The molecule has 3 rings (SSSR count). The van der Waals surface area contributed by atoms with Gasteiger partial charge in [-0.05, 0) is 30.3 Å². The van der Waals surface area contributed by atoms with Gasteiger partial charge in [-0.15, -0.1) is 0 Å². The predicted octanol–water partition coefficient (Wildman–Crippen LogP) is 3.00. The maximum Gasteiger partial charge on any atom is 0.335 e. The normalized spacial score (nSPS) is 10.6. The lowest BCUT2D eigenvalue weighted by Gasteiger charge is -2.05. The van der Waals surface area contributed by atoms with Crippen molar-refractivity contribution in [2.75, 3.05) is 18.2 Å². The number of methoxy groups -OCH3 is 1. The summed E-state index contributed by atoms with van der Waals surface area (Å²) in [6.45, 7) is 0. The molecule has 2 aromatic carbocycles. The molecule has 3 N–H and O–H groups in total. The minimum absolute atomic E-state index is 0.122. The van der Waals surface area contributed by atoms with Gasteiger partial charge in [0.1, 0.15) is 5.75 Å². The minimum atomic E-state index is -1.04. The Kier molecular flexibility index (Phi) is 4.90. The SMILES string of the molecule is COc1ccc2nc(SCC(=O)Nc3cccc(C(=O)O)c3)[nH]c2c1. The van der Waals surface area contributed by atoms with E-state index in [1.54, 1.807) is 19.2 Å².